The largest absolute Gasteiger partial charge is 0.353 e. The molecule has 4 aromatic heterocycles. The normalized spacial score (nSPS) is 12.7. The maximum absolute atomic E-state index is 3.86. The van der Waals surface area contributed by atoms with Crippen molar-refractivity contribution >= 4 is 117 Å². The second-order valence-electron chi connectivity index (χ2n) is 10.2. The number of nitrogens with one attached hydrogen (secondary N) is 2. The standard InChI is InChI=1S/C34H18N2S2/c1-5-13-21-17(9-1)25-29-27-19-11-3-7-15-23(19)38-34(27)32-26(18-10-2-6-14-22(18)36-32)30(29)28-20-12-4-8-16-24(20)37-33(28)31(25)35-21/h1-16,35-36H. The van der Waals surface area contributed by atoms with Crippen LogP contribution < -0.4 is 0 Å². The van der Waals surface area contributed by atoms with E-state index in [0.717, 1.165) is 0 Å². The lowest BCUT2D eigenvalue weighted by molar-refractivity contribution is 1.57. The Hall–Kier alpha value is -4.38. The average molecular weight is 519 g/mol. The van der Waals surface area contributed by atoms with Gasteiger partial charge in [-0.2, -0.15) is 0 Å². The molecule has 0 aliphatic rings. The summed E-state index contributed by atoms with van der Waals surface area (Å²) in [6, 6.07) is 35.4. The van der Waals surface area contributed by atoms with E-state index in [2.05, 4.69) is 107 Å². The quantitative estimate of drug-likeness (QED) is 0.200. The van der Waals surface area contributed by atoms with Gasteiger partial charge >= 0.3 is 0 Å². The summed E-state index contributed by atoms with van der Waals surface area (Å²) in [7, 11) is 0. The van der Waals surface area contributed by atoms with Gasteiger partial charge in [-0.25, -0.2) is 0 Å². The van der Waals surface area contributed by atoms with Gasteiger partial charge in [0.25, 0.3) is 0 Å². The van der Waals surface area contributed by atoms with Gasteiger partial charge < -0.3 is 9.97 Å². The zero-order valence-corrected chi connectivity index (χ0v) is 21.7. The van der Waals surface area contributed by atoms with E-state index in [9.17, 15) is 0 Å². The summed E-state index contributed by atoms with van der Waals surface area (Å²) in [5.41, 5.74) is 4.90. The van der Waals surface area contributed by atoms with Crippen LogP contribution in [-0.4, -0.2) is 9.97 Å². The summed E-state index contributed by atoms with van der Waals surface area (Å²) >= 11 is 3.82. The molecule has 0 aliphatic carbocycles. The van der Waals surface area contributed by atoms with Crippen LogP contribution in [0.4, 0.5) is 0 Å². The molecule has 6 aromatic carbocycles. The third kappa shape index (κ3) is 2.22. The number of H-pyrrole nitrogens is 2. The number of thiophene rings is 2. The Morgan fingerprint density at radius 2 is 0.763 bits per heavy atom. The predicted octanol–water partition coefficient (Wildman–Crippen LogP) is 10.8. The minimum Gasteiger partial charge on any atom is -0.353 e. The second kappa shape index (κ2) is 6.73. The van der Waals surface area contributed by atoms with E-state index < -0.39 is 0 Å². The number of fused-ring (bicyclic) bond motifs is 19. The lowest BCUT2D eigenvalue weighted by Gasteiger charge is -2.10. The lowest BCUT2D eigenvalue weighted by atomic mass is 9.92. The zero-order chi connectivity index (χ0) is 24.5. The molecule has 0 atom stereocenters. The highest BCUT2D eigenvalue weighted by molar-refractivity contribution is 7.27. The first kappa shape index (κ1) is 19.7. The zero-order valence-electron chi connectivity index (χ0n) is 20.1. The molecule has 0 fully saturated rings. The molecule has 0 saturated carbocycles. The van der Waals surface area contributed by atoms with Crippen molar-refractivity contribution in [3.05, 3.63) is 97.1 Å². The molecule has 0 amide bonds. The van der Waals surface area contributed by atoms with E-state index >= 15 is 0 Å². The summed E-state index contributed by atoms with van der Waals surface area (Å²) in [6.07, 6.45) is 0. The van der Waals surface area contributed by atoms with Crippen LogP contribution in [0.1, 0.15) is 0 Å². The van der Waals surface area contributed by atoms with Crippen LogP contribution in [0.2, 0.25) is 0 Å². The molecule has 4 heteroatoms. The van der Waals surface area contributed by atoms with Gasteiger partial charge in [0.1, 0.15) is 0 Å². The van der Waals surface area contributed by atoms with Gasteiger partial charge in [0.05, 0.1) is 20.4 Å². The molecule has 0 spiro atoms. The lowest BCUT2D eigenvalue weighted by Crippen LogP contribution is -1.83. The minimum absolute atomic E-state index is 1.19. The third-order valence-electron chi connectivity index (χ3n) is 8.31. The van der Waals surface area contributed by atoms with E-state index in [0.29, 0.717) is 0 Å². The fraction of sp³-hybridized carbons (Fsp3) is 0. The van der Waals surface area contributed by atoms with Crippen LogP contribution in [0.5, 0.6) is 0 Å². The Bertz CT molecular complexity index is 2260. The Labute approximate surface area is 223 Å². The molecule has 0 unspecified atom stereocenters. The number of rotatable bonds is 0. The maximum Gasteiger partial charge on any atom is 0.0653 e. The second-order valence-corrected chi connectivity index (χ2v) is 12.3. The number of hydrogen-bond acceptors (Lipinski definition) is 2. The first-order chi connectivity index (χ1) is 18.9. The Balaban J connectivity index is 1.72. The fourth-order valence-corrected chi connectivity index (χ4v) is 9.26. The van der Waals surface area contributed by atoms with Crippen molar-refractivity contribution in [3.8, 4) is 0 Å². The van der Waals surface area contributed by atoms with Crippen LogP contribution in [0.25, 0.3) is 94.7 Å². The molecular formula is C34H18N2S2. The summed E-state index contributed by atoms with van der Waals surface area (Å²) in [5.74, 6) is 0. The van der Waals surface area contributed by atoms with Crippen molar-refractivity contribution < 1.29 is 0 Å². The molecule has 176 valence electrons. The van der Waals surface area contributed by atoms with Crippen molar-refractivity contribution in [2.45, 2.75) is 0 Å². The van der Waals surface area contributed by atoms with Gasteiger partial charge in [-0.1, -0.05) is 72.8 Å². The molecule has 0 radical (unpaired) electrons. The van der Waals surface area contributed by atoms with Crippen LogP contribution >= 0.6 is 22.7 Å². The predicted molar refractivity (Wildman–Crippen MR) is 168 cm³/mol. The van der Waals surface area contributed by atoms with E-state index in [1.807, 2.05) is 22.7 Å². The highest BCUT2D eigenvalue weighted by Gasteiger charge is 2.25. The minimum atomic E-state index is 1.19. The van der Waals surface area contributed by atoms with Crippen LogP contribution in [-0.2, 0) is 0 Å². The van der Waals surface area contributed by atoms with Crippen molar-refractivity contribution in [3.63, 3.8) is 0 Å². The SMILES string of the molecule is c1ccc2c(c1)[nH]c1c3sc4ccccc4c3c3c4c5ccccc5[nH]c4c4sc5ccccc5c4c3c21. The maximum atomic E-state index is 3.86. The topological polar surface area (TPSA) is 31.6 Å². The van der Waals surface area contributed by atoms with E-state index in [1.165, 1.54) is 94.7 Å². The van der Waals surface area contributed by atoms with Gasteiger partial charge in [0.15, 0.2) is 0 Å². The fourth-order valence-electron chi connectivity index (χ4n) is 6.83. The summed E-state index contributed by atoms with van der Waals surface area (Å²) in [6.45, 7) is 0. The molecule has 10 aromatic rings. The summed E-state index contributed by atoms with van der Waals surface area (Å²) in [5, 5.41) is 13.4. The summed E-state index contributed by atoms with van der Waals surface area (Å²) in [4.78, 5) is 7.73. The molecule has 2 N–H and O–H groups in total. The molecule has 0 aliphatic heterocycles. The van der Waals surface area contributed by atoms with Crippen LogP contribution in [0, 0.1) is 0 Å². The first-order valence-electron chi connectivity index (χ1n) is 12.9. The van der Waals surface area contributed by atoms with Crippen LogP contribution in [0.3, 0.4) is 0 Å². The molecule has 2 nitrogen and oxygen atoms in total. The smallest absolute Gasteiger partial charge is 0.0653 e. The molecular weight excluding hydrogens is 501 g/mol. The summed E-state index contributed by atoms with van der Waals surface area (Å²) < 4.78 is 5.35. The number of aromatic amines is 2. The molecule has 10 rings (SSSR count). The number of para-hydroxylation sites is 2. The number of aromatic nitrogens is 2. The van der Waals surface area contributed by atoms with Crippen molar-refractivity contribution in [1.82, 2.24) is 9.97 Å². The van der Waals surface area contributed by atoms with Crippen molar-refractivity contribution in [1.29, 1.82) is 0 Å². The highest BCUT2D eigenvalue weighted by Crippen LogP contribution is 2.53. The van der Waals surface area contributed by atoms with Crippen LogP contribution in [0.15, 0.2) is 97.1 Å². The number of hydrogen-bond donors (Lipinski definition) is 2. The van der Waals surface area contributed by atoms with Crippen molar-refractivity contribution in [2.24, 2.45) is 0 Å². The molecule has 38 heavy (non-hydrogen) atoms. The third-order valence-corrected chi connectivity index (χ3v) is 10.7. The Morgan fingerprint density at radius 1 is 0.368 bits per heavy atom. The first-order valence-corrected chi connectivity index (χ1v) is 14.5. The molecule has 0 bridgehead atoms. The van der Waals surface area contributed by atoms with Gasteiger partial charge in [-0.3, -0.25) is 0 Å². The Kier molecular flexibility index (Phi) is 3.49. The highest BCUT2D eigenvalue weighted by atomic mass is 32.1. The average Bonchev–Trinajstić information content (AvgIpc) is 3.72. The van der Waals surface area contributed by atoms with Crippen molar-refractivity contribution in [2.75, 3.05) is 0 Å². The Morgan fingerprint density at radius 3 is 1.24 bits per heavy atom. The monoisotopic (exact) mass is 518 g/mol. The van der Waals surface area contributed by atoms with E-state index in [-0.39, 0.29) is 0 Å². The number of benzene rings is 6. The van der Waals surface area contributed by atoms with Gasteiger partial charge in [0, 0.05) is 74.3 Å². The van der Waals surface area contributed by atoms with E-state index in [1.54, 1.807) is 0 Å². The van der Waals surface area contributed by atoms with Gasteiger partial charge in [-0.15, -0.1) is 22.7 Å². The van der Waals surface area contributed by atoms with Gasteiger partial charge in [0.2, 0.25) is 0 Å². The van der Waals surface area contributed by atoms with Gasteiger partial charge in [-0.05, 0) is 24.3 Å². The molecule has 0 saturated heterocycles. The van der Waals surface area contributed by atoms with E-state index in [4.69, 9.17) is 0 Å². The molecule has 4 heterocycles.